The Kier molecular flexibility index (Phi) is 7.23. The van der Waals surface area contributed by atoms with E-state index >= 15 is 0 Å². The number of amides is 1. The molecule has 39 heavy (non-hydrogen) atoms. The maximum Gasteiger partial charge on any atom is 0.242 e. The maximum absolute atomic E-state index is 13.3. The first-order valence-corrected chi connectivity index (χ1v) is 13.4. The Balaban J connectivity index is 1.05. The van der Waals surface area contributed by atoms with E-state index in [0.717, 1.165) is 49.7 Å². The van der Waals surface area contributed by atoms with Crippen molar-refractivity contribution in [2.45, 2.75) is 18.9 Å². The predicted molar refractivity (Wildman–Crippen MR) is 148 cm³/mol. The van der Waals surface area contributed by atoms with Gasteiger partial charge in [0.25, 0.3) is 0 Å². The molecule has 1 saturated heterocycles. The van der Waals surface area contributed by atoms with Crippen LogP contribution in [0.2, 0.25) is 0 Å². The number of anilines is 2. The van der Waals surface area contributed by atoms with E-state index in [1.165, 1.54) is 11.1 Å². The largest absolute Gasteiger partial charge is 0.462 e. The number of nitrogens with zero attached hydrogens (tertiary/aromatic N) is 4. The summed E-state index contributed by atoms with van der Waals surface area (Å²) in [4.78, 5) is 24.1. The molecule has 1 aromatic heterocycles. The zero-order valence-electron chi connectivity index (χ0n) is 21.9. The minimum atomic E-state index is 0.0949. The summed E-state index contributed by atoms with van der Waals surface area (Å²) >= 11 is 0. The number of rotatable bonds is 8. The van der Waals surface area contributed by atoms with Crippen LogP contribution in [-0.4, -0.2) is 72.8 Å². The van der Waals surface area contributed by atoms with E-state index < -0.39 is 0 Å². The van der Waals surface area contributed by atoms with Crippen LogP contribution in [0.5, 0.6) is 11.6 Å². The van der Waals surface area contributed by atoms with Gasteiger partial charge in [0.15, 0.2) is 5.76 Å². The summed E-state index contributed by atoms with van der Waals surface area (Å²) in [6, 6.07) is 20.0. The lowest BCUT2D eigenvalue weighted by Crippen LogP contribution is -2.54. The molecule has 3 aliphatic heterocycles. The molecule has 3 aliphatic rings. The molecule has 6 rings (SSSR count). The fraction of sp³-hybridized carbons (Fsp3) is 0.333. The zero-order chi connectivity index (χ0) is 26.6. The molecule has 9 nitrogen and oxygen atoms in total. The molecular weight excluding hydrogens is 494 g/mol. The van der Waals surface area contributed by atoms with Gasteiger partial charge in [-0.15, -0.1) is 0 Å². The number of carbonyl (C=O) groups excluding carboxylic acids is 1. The zero-order valence-corrected chi connectivity index (χ0v) is 21.9. The second kappa shape index (κ2) is 11.2. The lowest BCUT2D eigenvalue weighted by atomic mass is 10.0. The number of nitrogen functional groups attached to an aromatic ring is 1. The lowest BCUT2D eigenvalue weighted by molar-refractivity contribution is -0.131. The van der Waals surface area contributed by atoms with Gasteiger partial charge in [0.05, 0.1) is 24.5 Å². The van der Waals surface area contributed by atoms with E-state index in [9.17, 15) is 4.79 Å². The van der Waals surface area contributed by atoms with Crippen molar-refractivity contribution in [3.05, 3.63) is 90.0 Å². The van der Waals surface area contributed by atoms with Crippen LogP contribution < -0.4 is 15.4 Å². The van der Waals surface area contributed by atoms with Gasteiger partial charge in [0, 0.05) is 44.5 Å². The average Bonchev–Trinajstić information content (AvgIpc) is 3.64. The monoisotopic (exact) mass is 527 g/mol. The van der Waals surface area contributed by atoms with E-state index in [4.69, 9.17) is 19.9 Å². The van der Waals surface area contributed by atoms with Crippen LogP contribution in [0.3, 0.4) is 0 Å². The van der Waals surface area contributed by atoms with E-state index in [-0.39, 0.29) is 18.7 Å². The number of aromatic nitrogens is 1. The summed E-state index contributed by atoms with van der Waals surface area (Å²) < 4.78 is 17.0. The molecule has 2 aromatic carbocycles. The molecule has 0 aliphatic carbocycles. The topological polar surface area (TPSA) is 93.4 Å². The summed E-state index contributed by atoms with van der Waals surface area (Å²) in [6.07, 6.45) is 5.03. The Morgan fingerprint density at radius 3 is 2.62 bits per heavy atom. The molecule has 1 amide bonds. The van der Waals surface area contributed by atoms with Gasteiger partial charge in [-0.2, -0.15) is 0 Å². The SMILES string of the molecule is Nc1ccc(Oc2ccc3c(c2)CCN3CC(=O)N2CCN(C(Cc3ccccc3)C3=COCO3)CC2)nc1. The number of piperazine rings is 1. The average molecular weight is 528 g/mol. The van der Waals surface area contributed by atoms with Crippen LogP contribution in [0.1, 0.15) is 11.1 Å². The highest BCUT2D eigenvalue weighted by atomic mass is 16.7. The van der Waals surface area contributed by atoms with Gasteiger partial charge in [0.2, 0.25) is 18.6 Å². The highest BCUT2D eigenvalue weighted by Gasteiger charge is 2.32. The van der Waals surface area contributed by atoms with Crippen LogP contribution in [0.15, 0.2) is 78.9 Å². The summed E-state index contributed by atoms with van der Waals surface area (Å²) in [7, 11) is 0. The molecule has 1 atom stereocenters. The minimum Gasteiger partial charge on any atom is -0.462 e. The Bertz CT molecular complexity index is 1320. The van der Waals surface area contributed by atoms with Gasteiger partial charge in [-0.25, -0.2) is 4.98 Å². The molecule has 0 bridgehead atoms. The molecule has 1 fully saturated rings. The number of fused-ring (bicyclic) bond motifs is 1. The van der Waals surface area contributed by atoms with Gasteiger partial charge in [-0.3, -0.25) is 9.69 Å². The van der Waals surface area contributed by atoms with Gasteiger partial charge < -0.3 is 29.7 Å². The molecule has 202 valence electrons. The summed E-state index contributed by atoms with van der Waals surface area (Å²) in [6.45, 7) is 4.43. The molecule has 0 spiro atoms. The van der Waals surface area contributed by atoms with Gasteiger partial charge in [-0.05, 0) is 48.2 Å². The van der Waals surface area contributed by atoms with Crippen molar-refractivity contribution in [3.63, 3.8) is 0 Å². The van der Waals surface area contributed by atoms with E-state index in [0.29, 0.717) is 31.2 Å². The van der Waals surface area contributed by atoms with Gasteiger partial charge in [-0.1, -0.05) is 30.3 Å². The standard InChI is InChI=1S/C30H33N5O4/c31-24-6-9-29(32-18-24)39-25-7-8-26-23(17-25)10-11-35(26)19-30(36)34-14-12-33(13-15-34)27(28-20-37-21-38-28)16-22-4-2-1-3-5-22/h1-9,17-18,20,27H,10-16,19,21,31H2. The van der Waals surface area contributed by atoms with Gasteiger partial charge in [0.1, 0.15) is 12.0 Å². The fourth-order valence-corrected chi connectivity index (χ4v) is 5.47. The third kappa shape index (κ3) is 5.78. The van der Waals surface area contributed by atoms with Crippen molar-refractivity contribution in [2.24, 2.45) is 0 Å². The molecule has 1 unspecified atom stereocenters. The van der Waals surface area contributed by atoms with E-state index in [2.05, 4.69) is 39.0 Å². The summed E-state index contributed by atoms with van der Waals surface area (Å²) in [5.41, 5.74) is 9.83. The molecular formula is C30H33N5O4. The fourth-order valence-electron chi connectivity index (χ4n) is 5.47. The first-order chi connectivity index (χ1) is 19.1. The maximum atomic E-state index is 13.3. The second-order valence-corrected chi connectivity index (χ2v) is 10.1. The second-order valence-electron chi connectivity index (χ2n) is 10.1. The smallest absolute Gasteiger partial charge is 0.242 e. The Labute approximate surface area is 228 Å². The van der Waals surface area contributed by atoms with E-state index in [1.807, 2.05) is 29.2 Å². The number of ether oxygens (including phenoxy) is 3. The minimum absolute atomic E-state index is 0.0949. The van der Waals surface area contributed by atoms with E-state index in [1.54, 1.807) is 24.6 Å². The first-order valence-electron chi connectivity index (χ1n) is 13.4. The highest BCUT2D eigenvalue weighted by Crippen LogP contribution is 2.33. The van der Waals surface area contributed by atoms with Crippen molar-refractivity contribution in [1.29, 1.82) is 0 Å². The molecule has 0 radical (unpaired) electrons. The van der Waals surface area contributed by atoms with Crippen LogP contribution in [0.4, 0.5) is 11.4 Å². The number of hydrogen-bond donors (Lipinski definition) is 1. The Morgan fingerprint density at radius 1 is 1.03 bits per heavy atom. The van der Waals surface area contributed by atoms with Crippen LogP contribution >= 0.6 is 0 Å². The normalized spacial score (nSPS) is 17.7. The molecule has 0 saturated carbocycles. The third-order valence-corrected chi connectivity index (χ3v) is 7.55. The summed E-state index contributed by atoms with van der Waals surface area (Å²) in [5, 5.41) is 0. The summed E-state index contributed by atoms with van der Waals surface area (Å²) in [5.74, 6) is 2.26. The first kappa shape index (κ1) is 25.1. The van der Waals surface area contributed by atoms with Gasteiger partial charge >= 0.3 is 0 Å². The van der Waals surface area contributed by atoms with Crippen LogP contribution in [-0.2, 0) is 27.1 Å². The third-order valence-electron chi connectivity index (χ3n) is 7.55. The number of benzene rings is 2. The van der Waals surface area contributed by atoms with Crippen molar-refractivity contribution < 1.29 is 19.0 Å². The number of hydrogen-bond acceptors (Lipinski definition) is 8. The molecule has 9 heteroatoms. The van der Waals surface area contributed by atoms with Crippen LogP contribution in [0.25, 0.3) is 0 Å². The molecule has 2 N–H and O–H groups in total. The van der Waals surface area contributed by atoms with Crippen molar-refractivity contribution in [3.8, 4) is 11.6 Å². The van der Waals surface area contributed by atoms with Crippen molar-refractivity contribution in [2.75, 3.05) is 56.7 Å². The Morgan fingerprint density at radius 2 is 1.87 bits per heavy atom. The Hall–Kier alpha value is -4.24. The van der Waals surface area contributed by atoms with Crippen molar-refractivity contribution in [1.82, 2.24) is 14.8 Å². The molecule has 4 heterocycles. The van der Waals surface area contributed by atoms with Crippen molar-refractivity contribution >= 4 is 17.3 Å². The highest BCUT2D eigenvalue weighted by molar-refractivity contribution is 5.82. The number of pyridine rings is 1. The lowest BCUT2D eigenvalue weighted by Gasteiger charge is -2.39. The number of nitrogens with two attached hydrogens (primary N) is 1. The quantitative estimate of drug-likeness (QED) is 0.477. The number of carbonyl (C=O) groups is 1. The predicted octanol–water partition coefficient (Wildman–Crippen LogP) is 3.42. The van der Waals surface area contributed by atoms with Crippen LogP contribution in [0, 0.1) is 0 Å². The molecule has 3 aromatic rings.